The van der Waals surface area contributed by atoms with Crippen LogP contribution in [-0.4, -0.2) is 29.3 Å². The lowest BCUT2D eigenvalue weighted by molar-refractivity contribution is 0.161. The number of rotatable bonds is 3. The van der Waals surface area contributed by atoms with Gasteiger partial charge in [-0.2, -0.15) is 0 Å². The second kappa shape index (κ2) is 6.77. The van der Waals surface area contributed by atoms with Gasteiger partial charge in [0.05, 0.1) is 6.20 Å². The molecule has 0 radical (unpaired) electrons. The molecule has 5 heteroatoms. The minimum Gasteiger partial charge on any atom is -0.506 e. The smallest absolute Gasteiger partial charge is 0.134 e. The summed E-state index contributed by atoms with van der Waals surface area (Å²) in [6.45, 7) is 2.17. The van der Waals surface area contributed by atoms with Crippen LogP contribution in [0.2, 0.25) is 0 Å². The van der Waals surface area contributed by atoms with E-state index in [1.807, 2.05) is 24.3 Å². The maximum absolute atomic E-state index is 9.66. The third kappa shape index (κ3) is 3.28. The summed E-state index contributed by atoms with van der Waals surface area (Å²) in [6.07, 6.45) is 5.89. The first kappa shape index (κ1) is 16.1. The summed E-state index contributed by atoms with van der Waals surface area (Å²) >= 11 is 0. The fourth-order valence-electron chi connectivity index (χ4n) is 3.74. The topological polar surface area (TPSA) is 54.4 Å². The maximum Gasteiger partial charge on any atom is 0.134 e. The Bertz CT molecular complexity index is 680. The van der Waals surface area contributed by atoms with Crippen LogP contribution in [0.3, 0.4) is 0 Å². The predicted octanol–water partition coefficient (Wildman–Crippen LogP) is 3.25. The van der Waals surface area contributed by atoms with Gasteiger partial charge >= 0.3 is 0 Å². The number of hydrogen-bond acceptors (Lipinski definition) is 4. The summed E-state index contributed by atoms with van der Waals surface area (Å²) in [5.41, 5.74) is 1.87. The van der Waals surface area contributed by atoms with Crippen LogP contribution in [0.4, 0.5) is 0 Å². The first-order chi connectivity index (χ1) is 10.8. The SMILES string of the molecule is Cl.Oc1cncc(-c2ccccc2O[C@@H]2C[C@H]3CNC[C@@H]2C3)c1. The molecule has 1 aliphatic heterocycles. The van der Waals surface area contributed by atoms with E-state index < -0.39 is 0 Å². The Balaban J connectivity index is 0.00000156. The van der Waals surface area contributed by atoms with Gasteiger partial charge in [-0.3, -0.25) is 4.98 Å². The summed E-state index contributed by atoms with van der Waals surface area (Å²) in [6, 6.07) is 9.74. The summed E-state index contributed by atoms with van der Waals surface area (Å²) in [4.78, 5) is 4.07. The molecule has 2 aromatic rings. The van der Waals surface area contributed by atoms with E-state index >= 15 is 0 Å². The van der Waals surface area contributed by atoms with Crippen molar-refractivity contribution < 1.29 is 9.84 Å². The summed E-state index contributed by atoms with van der Waals surface area (Å²) < 4.78 is 6.37. The van der Waals surface area contributed by atoms with Crippen molar-refractivity contribution in [3.05, 3.63) is 42.7 Å². The Hall–Kier alpha value is -1.78. The molecule has 1 aromatic heterocycles. The van der Waals surface area contributed by atoms with Gasteiger partial charge in [0.25, 0.3) is 0 Å². The van der Waals surface area contributed by atoms with Gasteiger partial charge in [-0.1, -0.05) is 18.2 Å². The van der Waals surface area contributed by atoms with E-state index in [0.29, 0.717) is 5.92 Å². The molecule has 1 aromatic carbocycles. The van der Waals surface area contributed by atoms with Crippen molar-refractivity contribution in [3.63, 3.8) is 0 Å². The molecule has 1 saturated carbocycles. The van der Waals surface area contributed by atoms with Crippen molar-refractivity contribution in [2.24, 2.45) is 11.8 Å². The molecule has 1 aliphatic carbocycles. The molecular formula is C18H21ClN2O2. The molecule has 23 heavy (non-hydrogen) atoms. The highest BCUT2D eigenvalue weighted by Gasteiger charge is 2.38. The van der Waals surface area contributed by atoms with E-state index in [0.717, 1.165) is 42.3 Å². The van der Waals surface area contributed by atoms with Gasteiger partial charge in [-0.15, -0.1) is 12.4 Å². The second-order valence-corrected chi connectivity index (χ2v) is 6.34. The quantitative estimate of drug-likeness (QED) is 0.906. The first-order valence-electron chi connectivity index (χ1n) is 7.90. The summed E-state index contributed by atoms with van der Waals surface area (Å²) in [7, 11) is 0. The van der Waals surface area contributed by atoms with Crippen molar-refractivity contribution in [1.82, 2.24) is 10.3 Å². The molecule has 2 N–H and O–H groups in total. The van der Waals surface area contributed by atoms with E-state index in [-0.39, 0.29) is 24.3 Å². The molecule has 2 fully saturated rings. The summed E-state index contributed by atoms with van der Waals surface area (Å²) in [5, 5.41) is 13.2. The highest BCUT2D eigenvalue weighted by molar-refractivity contribution is 5.85. The standard InChI is InChI=1S/C18H20N2O2.ClH/c21-15-7-13(9-20-11-15)16-3-1-2-4-17(16)22-18-6-12-5-14(18)10-19-8-12;/h1-4,7,9,11-12,14,18-19,21H,5-6,8,10H2;1H/t12-,14-,18+;/m0./s1. The Morgan fingerprint density at radius 2 is 2.00 bits per heavy atom. The molecule has 2 bridgehead atoms. The molecule has 122 valence electrons. The zero-order chi connectivity index (χ0) is 14.9. The van der Waals surface area contributed by atoms with E-state index in [4.69, 9.17) is 4.74 Å². The van der Waals surface area contributed by atoms with Crippen LogP contribution in [0.25, 0.3) is 11.1 Å². The van der Waals surface area contributed by atoms with Crippen molar-refractivity contribution in [2.45, 2.75) is 18.9 Å². The summed E-state index contributed by atoms with van der Waals surface area (Å²) in [5.74, 6) is 2.41. The lowest BCUT2D eigenvalue weighted by atomic mass is 10.0. The van der Waals surface area contributed by atoms with Gasteiger partial charge in [0, 0.05) is 29.8 Å². The molecule has 0 spiro atoms. The largest absolute Gasteiger partial charge is 0.506 e. The normalized spacial score (nSPS) is 25.7. The fraction of sp³-hybridized carbons (Fsp3) is 0.389. The lowest BCUT2D eigenvalue weighted by Crippen LogP contribution is -2.34. The van der Waals surface area contributed by atoms with Crippen LogP contribution in [0.1, 0.15) is 12.8 Å². The Morgan fingerprint density at radius 1 is 1.13 bits per heavy atom. The number of nitrogens with zero attached hydrogens (tertiary/aromatic N) is 1. The number of ether oxygens (including phenoxy) is 1. The first-order valence-corrected chi connectivity index (χ1v) is 7.90. The molecular weight excluding hydrogens is 312 g/mol. The number of nitrogens with one attached hydrogen (secondary N) is 1. The third-order valence-electron chi connectivity index (χ3n) is 4.77. The Labute approximate surface area is 142 Å². The van der Waals surface area contributed by atoms with Crippen LogP contribution < -0.4 is 10.1 Å². The lowest BCUT2D eigenvalue weighted by Gasteiger charge is -2.23. The minimum absolute atomic E-state index is 0. The number of aromatic nitrogens is 1. The molecule has 4 nitrogen and oxygen atoms in total. The number of piperidine rings is 1. The number of pyridine rings is 1. The van der Waals surface area contributed by atoms with E-state index in [9.17, 15) is 5.11 Å². The average molecular weight is 333 g/mol. The van der Waals surface area contributed by atoms with Gasteiger partial charge in [0.15, 0.2) is 0 Å². The molecule has 1 saturated heterocycles. The molecule has 0 amide bonds. The monoisotopic (exact) mass is 332 g/mol. The molecule has 2 aliphatic rings. The van der Waals surface area contributed by atoms with Crippen LogP contribution in [0, 0.1) is 11.8 Å². The highest BCUT2D eigenvalue weighted by atomic mass is 35.5. The molecule has 3 atom stereocenters. The van der Waals surface area contributed by atoms with Gasteiger partial charge in [-0.25, -0.2) is 0 Å². The fourth-order valence-corrected chi connectivity index (χ4v) is 3.74. The predicted molar refractivity (Wildman–Crippen MR) is 92.1 cm³/mol. The second-order valence-electron chi connectivity index (χ2n) is 6.34. The van der Waals surface area contributed by atoms with Crippen LogP contribution in [-0.2, 0) is 0 Å². The van der Waals surface area contributed by atoms with Crippen molar-refractivity contribution in [3.8, 4) is 22.6 Å². The maximum atomic E-state index is 9.66. The van der Waals surface area contributed by atoms with Gasteiger partial charge in [-0.05, 0) is 37.4 Å². The Morgan fingerprint density at radius 3 is 2.83 bits per heavy atom. The van der Waals surface area contributed by atoms with Crippen LogP contribution in [0.15, 0.2) is 42.7 Å². The highest BCUT2D eigenvalue weighted by Crippen LogP contribution is 2.39. The van der Waals surface area contributed by atoms with E-state index in [1.165, 1.54) is 12.6 Å². The van der Waals surface area contributed by atoms with Gasteiger partial charge < -0.3 is 15.2 Å². The van der Waals surface area contributed by atoms with E-state index in [2.05, 4.69) is 10.3 Å². The van der Waals surface area contributed by atoms with E-state index in [1.54, 1.807) is 12.3 Å². The molecule has 0 unspecified atom stereocenters. The molecule has 2 heterocycles. The van der Waals surface area contributed by atoms with Crippen LogP contribution in [0.5, 0.6) is 11.5 Å². The third-order valence-corrected chi connectivity index (χ3v) is 4.77. The molecule has 4 rings (SSSR count). The van der Waals surface area contributed by atoms with Crippen LogP contribution >= 0.6 is 12.4 Å². The van der Waals surface area contributed by atoms with Gasteiger partial charge in [0.1, 0.15) is 17.6 Å². The number of fused-ring (bicyclic) bond motifs is 2. The zero-order valence-electron chi connectivity index (χ0n) is 12.8. The van der Waals surface area contributed by atoms with Gasteiger partial charge in [0.2, 0.25) is 0 Å². The number of para-hydroxylation sites is 1. The Kier molecular flexibility index (Phi) is 4.74. The number of halogens is 1. The average Bonchev–Trinajstić information content (AvgIpc) is 2.81. The number of aromatic hydroxyl groups is 1. The number of benzene rings is 1. The minimum atomic E-state index is 0. The van der Waals surface area contributed by atoms with Crippen molar-refractivity contribution >= 4 is 12.4 Å². The zero-order valence-corrected chi connectivity index (χ0v) is 13.6. The van der Waals surface area contributed by atoms with Crippen molar-refractivity contribution in [2.75, 3.05) is 13.1 Å². The number of hydrogen-bond donors (Lipinski definition) is 2. The van der Waals surface area contributed by atoms with Crippen molar-refractivity contribution in [1.29, 1.82) is 0 Å².